The molecule has 6 heteroatoms. The first kappa shape index (κ1) is 17.4. The second-order valence-electron chi connectivity index (χ2n) is 6.82. The van der Waals surface area contributed by atoms with Crippen molar-refractivity contribution < 1.29 is 14.4 Å². The lowest BCUT2D eigenvalue weighted by Crippen LogP contribution is -2.29. The highest BCUT2D eigenvalue weighted by Gasteiger charge is 2.39. The minimum absolute atomic E-state index is 0.0109. The number of benzene rings is 2. The second kappa shape index (κ2) is 6.95. The van der Waals surface area contributed by atoms with E-state index in [0.717, 1.165) is 23.4 Å². The normalized spacial score (nSPS) is 22.5. The number of nitro groups is 1. The number of nitrogens with one attached hydrogen (secondary N) is 1. The highest BCUT2D eigenvalue weighted by Crippen LogP contribution is 2.52. The molecular formula is C21H22N2O4. The molecule has 1 heterocycles. The highest BCUT2D eigenvalue weighted by molar-refractivity contribution is 5.68. The van der Waals surface area contributed by atoms with Gasteiger partial charge in [0.2, 0.25) is 0 Å². The summed E-state index contributed by atoms with van der Waals surface area (Å²) in [5.74, 6) is 1.67. The Kier molecular flexibility index (Phi) is 4.48. The van der Waals surface area contributed by atoms with Gasteiger partial charge in [-0.15, -0.1) is 0 Å². The summed E-state index contributed by atoms with van der Waals surface area (Å²) < 4.78 is 11.0. The van der Waals surface area contributed by atoms with Gasteiger partial charge >= 0.3 is 5.69 Å². The SMILES string of the molecule is CCOc1cccc2c1NC(c1ccc(OC)c([N+](=O)[O-])c1)C1CC=CC21. The van der Waals surface area contributed by atoms with E-state index in [1.54, 1.807) is 12.1 Å². The van der Waals surface area contributed by atoms with Gasteiger partial charge in [0, 0.05) is 12.0 Å². The molecule has 1 aliphatic carbocycles. The summed E-state index contributed by atoms with van der Waals surface area (Å²) in [5, 5.41) is 15.1. The minimum atomic E-state index is -0.394. The van der Waals surface area contributed by atoms with Crippen molar-refractivity contribution in [3.05, 3.63) is 69.8 Å². The van der Waals surface area contributed by atoms with E-state index >= 15 is 0 Å². The fourth-order valence-corrected chi connectivity index (χ4v) is 4.24. The standard InChI is InChI=1S/C21H22N2O4/c1-3-27-19-9-5-8-16-14-6-4-7-15(14)20(22-21(16)19)13-10-11-18(26-2)17(12-13)23(24)25/h4-6,8-12,14-15,20,22H,3,7H2,1-2H3. The largest absolute Gasteiger partial charge is 0.492 e. The van der Waals surface area contributed by atoms with Gasteiger partial charge in [-0.2, -0.15) is 0 Å². The molecule has 0 aromatic heterocycles. The predicted octanol–water partition coefficient (Wildman–Crippen LogP) is 4.83. The van der Waals surface area contributed by atoms with Crippen LogP contribution in [0.4, 0.5) is 11.4 Å². The van der Waals surface area contributed by atoms with Crippen molar-refractivity contribution in [3.8, 4) is 11.5 Å². The van der Waals surface area contributed by atoms with Crippen molar-refractivity contribution in [1.82, 2.24) is 0 Å². The molecule has 4 rings (SSSR count). The van der Waals surface area contributed by atoms with E-state index in [2.05, 4.69) is 23.5 Å². The lowest BCUT2D eigenvalue weighted by Gasteiger charge is -2.38. The number of para-hydroxylation sites is 1. The molecule has 27 heavy (non-hydrogen) atoms. The Bertz CT molecular complexity index is 909. The summed E-state index contributed by atoms with van der Waals surface area (Å²) in [7, 11) is 1.45. The zero-order chi connectivity index (χ0) is 19.0. The zero-order valence-electron chi connectivity index (χ0n) is 15.3. The van der Waals surface area contributed by atoms with Crippen molar-refractivity contribution in [3.63, 3.8) is 0 Å². The number of ether oxygens (including phenoxy) is 2. The summed E-state index contributed by atoms with van der Waals surface area (Å²) in [6, 6.07) is 11.3. The van der Waals surface area contributed by atoms with Crippen LogP contribution in [0.15, 0.2) is 48.6 Å². The molecule has 2 aromatic rings. The van der Waals surface area contributed by atoms with Crippen LogP contribution in [-0.2, 0) is 0 Å². The summed E-state index contributed by atoms with van der Waals surface area (Å²) in [6.45, 7) is 2.55. The van der Waals surface area contributed by atoms with E-state index in [-0.39, 0.29) is 23.4 Å². The van der Waals surface area contributed by atoms with Gasteiger partial charge in [0.1, 0.15) is 5.75 Å². The number of nitrogens with zero attached hydrogens (tertiary/aromatic N) is 1. The maximum Gasteiger partial charge on any atom is 0.311 e. The summed E-state index contributed by atoms with van der Waals surface area (Å²) in [6.07, 6.45) is 5.37. The van der Waals surface area contributed by atoms with Gasteiger partial charge in [-0.3, -0.25) is 10.1 Å². The van der Waals surface area contributed by atoms with Crippen LogP contribution in [0.2, 0.25) is 0 Å². The van der Waals surface area contributed by atoms with E-state index in [1.165, 1.54) is 12.7 Å². The summed E-state index contributed by atoms with van der Waals surface area (Å²) in [5.41, 5.74) is 3.08. The molecule has 2 aliphatic rings. The fraction of sp³-hybridized carbons (Fsp3) is 0.333. The molecule has 1 aliphatic heterocycles. The molecule has 0 saturated heterocycles. The second-order valence-corrected chi connectivity index (χ2v) is 6.82. The van der Waals surface area contributed by atoms with Crippen LogP contribution in [0.1, 0.15) is 36.4 Å². The number of allylic oxidation sites excluding steroid dienone is 2. The third kappa shape index (κ3) is 2.91. The molecule has 0 radical (unpaired) electrons. The zero-order valence-corrected chi connectivity index (χ0v) is 15.3. The average molecular weight is 366 g/mol. The lowest BCUT2D eigenvalue weighted by molar-refractivity contribution is -0.385. The van der Waals surface area contributed by atoms with Crippen LogP contribution in [-0.4, -0.2) is 18.6 Å². The molecule has 0 amide bonds. The number of methoxy groups -OCH3 is 1. The molecule has 0 bridgehead atoms. The Morgan fingerprint density at radius 3 is 2.85 bits per heavy atom. The van der Waals surface area contributed by atoms with E-state index in [9.17, 15) is 10.1 Å². The predicted molar refractivity (Wildman–Crippen MR) is 104 cm³/mol. The van der Waals surface area contributed by atoms with E-state index < -0.39 is 4.92 Å². The Hall–Kier alpha value is -3.02. The number of hydrogen-bond acceptors (Lipinski definition) is 5. The molecule has 140 valence electrons. The number of rotatable bonds is 5. The van der Waals surface area contributed by atoms with E-state index in [1.807, 2.05) is 25.1 Å². The van der Waals surface area contributed by atoms with Crippen LogP contribution < -0.4 is 14.8 Å². The van der Waals surface area contributed by atoms with Gasteiger partial charge in [-0.25, -0.2) is 0 Å². The van der Waals surface area contributed by atoms with Crippen molar-refractivity contribution in [2.75, 3.05) is 19.0 Å². The van der Waals surface area contributed by atoms with Gasteiger partial charge in [-0.05, 0) is 42.5 Å². The van der Waals surface area contributed by atoms with Crippen LogP contribution in [0.3, 0.4) is 0 Å². The third-order valence-corrected chi connectivity index (χ3v) is 5.42. The number of anilines is 1. The number of fused-ring (bicyclic) bond motifs is 3. The Morgan fingerprint density at radius 2 is 2.11 bits per heavy atom. The molecule has 6 nitrogen and oxygen atoms in total. The van der Waals surface area contributed by atoms with Crippen molar-refractivity contribution in [2.45, 2.75) is 25.3 Å². The molecule has 0 saturated carbocycles. The van der Waals surface area contributed by atoms with Gasteiger partial charge in [-0.1, -0.05) is 30.4 Å². The molecule has 3 unspecified atom stereocenters. The number of nitro benzene ring substituents is 1. The fourth-order valence-electron chi connectivity index (χ4n) is 4.24. The van der Waals surface area contributed by atoms with Crippen LogP contribution >= 0.6 is 0 Å². The topological polar surface area (TPSA) is 73.6 Å². The molecule has 2 aromatic carbocycles. The molecule has 0 spiro atoms. The maximum absolute atomic E-state index is 11.5. The molecular weight excluding hydrogens is 344 g/mol. The monoisotopic (exact) mass is 366 g/mol. The van der Waals surface area contributed by atoms with Gasteiger partial charge in [0.25, 0.3) is 0 Å². The van der Waals surface area contributed by atoms with Crippen molar-refractivity contribution >= 4 is 11.4 Å². The van der Waals surface area contributed by atoms with Crippen LogP contribution in [0.25, 0.3) is 0 Å². The van der Waals surface area contributed by atoms with Gasteiger partial charge in [0.15, 0.2) is 5.75 Å². The Morgan fingerprint density at radius 1 is 1.26 bits per heavy atom. The Balaban J connectivity index is 1.79. The van der Waals surface area contributed by atoms with Crippen LogP contribution in [0, 0.1) is 16.0 Å². The highest BCUT2D eigenvalue weighted by atomic mass is 16.6. The summed E-state index contributed by atoms with van der Waals surface area (Å²) >= 11 is 0. The molecule has 0 fully saturated rings. The third-order valence-electron chi connectivity index (χ3n) is 5.42. The van der Waals surface area contributed by atoms with Gasteiger partial charge in [0.05, 0.1) is 30.4 Å². The van der Waals surface area contributed by atoms with Crippen LogP contribution in [0.5, 0.6) is 11.5 Å². The molecule has 3 atom stereocenters. The minimum Gasteiger partial charge on any atom is -0.492 e. The van der Waals surface area contributed by atoms with Crippen molar-refractivity contribution in [2.24, 2.45) is 5.92 Å². The Labute approximate surface area is 158 Å². The smallest absolute Gasteiger partial charge is 0.311 e. The van der Waals surface area contributed by atoms with Gasteiger partial charge < -0.3 is 14.8 Å². The molecule has 1 N–H and O–H groups in total. The first-order valence-electron chi connectivity index (χ1n) is 9.15. The maximum atomic E-state index is 11.5. The first-order chi connectivity index (χ1) is 13.1. The first-order valence-corrected chi connectivity index (χ1v) is 9.15. The lowest BCUT2D eigenvalue weighted by atomic mass is 9.77. The quantitative estimate of drug-likeness (QED) is 0.466. The summed E-state index contributed by atoms with van der Waals surface area (Å²) in [4.78, 5) is 11.1. The van der Waals surface area contributed by atoms with E-state index in [4.69, 9.17) is 9.47 Å². The average Bonchev–Trinajstić information content (AvgIpc) is 3.17. The van der Waals surface area contributed by atoms with Crippen molar-refractivity contribution in [1.29, 1.82) is 0 Å². The number of hydrogen-bond donors (Lipinski definition) is 1. The van der Waals surface area contributed by atoms with E-state index in [0.29, 0.717) is 12.5 Å².